The predicted octanol–water partition coefficient (Wildman–Crippen LogP) is 2.40. The average Bonchev–Trinajstić information content (AvgIpc) is 2.72. The molecule has 28 heavy (non-hydrogen) atoms. The van der Waals surface area contributed by atoms with Crippen molar-refractivity contribution < 1.29 is 14.0 Å². The molecule has 0 radical (unpaired) electrons. The molecule has 1 heterocycles. The Bertz CT molecular complexity index is 839. The first-order valence-corrected chi connectivity index (χ1v) is 9.29. The van der Waals surface area contributed by atoms with Gasteiger partial charge in [-0.3, -0.25) is 9.59 Å². The number of carbonyl (C=O) groups excluding carboxylic acids is 2. The first-order valence-electron chi connectivity index (χ1n) is 9.29. The predicted molar refractivity (Wildman–Crippen MR) is 108 cm³/mol. The van der Waals surface area contributed by atoms with Crippen LogP contribution in [0.3, 0.4) is 0 Å². The number of nitrogens with one attached hydrogen (secondary N) is 1. The minimum Gasteiger partial charge on any atom is -0.343 e. The lowest BCUT2D eigenvalue weighted by Crippen LogP contribution is -2.49. The van der Waals surface area contributed by atoms with E-state index in [0.717, 1.165) is 29.8 Å². The van der Waals surface area contributed by atoms with Gasteiger partial charge in [0.05, 0.1) is 6.54 Å². The monoisotopic (exact) mass is 381 g/mol. The minimum absolute atomic E-state index is 0.0103. The number of benzene rings is 2. The zero-order chi connectivity index (χ0) is 19.9. The number of amides is 2. The fourth-order valence-corrected chi connectivity index (χ4v) is 2.99. The van der Waals surface area contributed by atoms with Crippen LogP contribution in [0.15, 0.2) is 54.6 Å². The third kappa shape index (κ3) is 5.50. The molecule has 0 aliphatic carbocycles. The average molecular weight is 381 g/mol. The van der Waals surface area contributed by atoms with Crippen LogP contribution in [-0.4, -0.2) is 61.4 Å². The lowest BCUT2D eigenvalue weighted by molar-refractivity contribution is -0.133. The zero-order valence-electron chi connectivity index (χ0n) is 15.9. The van der Waals surface area contributed by atoms with Gasteiger partial charge in [-0.15, -0.1) is 0 Å². The highest BCUT2D eigenvalue weighted by atomic mass is 19.1. The Labute approximate surface area is 164 Å². The molecule has 2 amide bonds. The summed E-state index contributed by atoms with van der Waals surface area (Å²) in [5.74, 6) is -0.621. The highest BCUT2D eigenvalue weighted by Crippen LogP contribution is 2.20. The standard InChI is InChI=1S/C22H24FN3O2/c1-25-12-14-26(15-13-25)22(28)16-24-21(27)11-4-17-2-5-18(6-3-17)19-7-9-20(23)10-8-19/h2-11H,12-16H2,1H3,(H,24,27). The molecule has 1 N–H and O–H groups in total. The third-order valence-electron chi connectivity index (χ3n) is 4.79. The summed E-state index contributed by atoms with van der Waals surface area (Å²) in [6, 6.07) is 13.9. The van der Waals surface area contributed by atoms with Crippen molar-refractivity contribution >= 4 is 17.9 Å². The van der Waals surface area contributed by atoms with E-state index in [4.69, 9.17) is 0 Å². The highest BCUT2D eigenvalue weighted by Gasteiger charge is 2.18. The molecular formula is C22H24FN3O2. The summed E-state index contributed by atoms with van der Waals surface area (Å²) in [7, 11) is 2.03. The van der Waals surface area contributed by atoms with Gasteiger partial charge in [0.25, 0.3) is 0 Å². The number of hydrogen-bond donors (Lipinski definition) is 1. The van der Waals surface area contributed by atoms with Gasteiger partial charge in [0.2, 0.25) is 11.8 Å². The molecule has 0 atom stereocenters. The Morgan fingerprint density at radius 1 is 0.964 bits per heavy atom. The van der Waals surface area contributed by atoms with E-state index in [1.807, 2.05) is 31.3 Å². The third-order valence-corrected chi connectivity index (χ3v) is 4.79. The van der Waals surface area contributed by atoms with Crippen molar-refractivity contribution in [1.82, 2.24) is 15.1 Å². The van der Waals surface area contributed by atoms with Crippen molar-refractivity contribution in [2.45, 2.75) is 0 Å². The largest absolute Gasteiger partial charge is 0.343 e. The van der Waals surface area contributed by atoms with Gasteiger partial charge < -0.3 is 15.1 Å². The Kier molecular flexibility index (Phi) is 6.55. The molecule has 1 aliphatic rings. The molecule has 2 aromatic rings. The van der Waals surface area contributed by atoms with Gasteiger partial charge in [-0.05, 0) is 41.9 Å². The SMILES string of the molecule is CN1CCN(C(=O)CNC(=O)C=Cc2ccc(-c3ccc(F)cc3)cc2)CC1. The van der Waals surface area contributed by atoms with E-state index in [9.17, 15) is 14.0 Å². The van der Waals surface area contributed by atoms with Crippen molar-refractivity contribution in [2.75, 3.05) is 39.8 Å². The number of piperazine rings is 1. The molecule has 0 bridgehead atoms. The molecule has 2 aromatic carbocycles. The Morgan fingerprint density at radius 3 is 2.14 bits per heavy atom. The molecule has 3 rings (SSSR count). The van der Waals surface area contributed by atoms with Crippen LogP contribution >= 0.6 is 0 Å². The normalized spacial score (nSPS) is 15.0. The Hall–Kier alpha value is -2.99. The molecule has 1 saturated heterocycles. The zero-order valence-corrected chi connectivity index (χ0v) is 15.9. The van der Waals surface area contributed by atoms with E-state index >= 15 is 0 Å². The van der Waals surface area contributed by atoms with Crippen molar-refractivity contribution in [2.24, 2.45) is 0 Å². The summed E-state index contributed by atoms with van der Waals surface area (Å²) >= 11 is 0. The number of halogens is 1. The summed E-state index contributed by atoms with van der Waals surface area (Å²) < 4.78 is 13.0. The van der Waals surface area contributed by atoms with Crippen molar-refractivity contribution in [3.05, 3.63) is 66.0 Å². The summed E-state index contributed by atoms with van der Waals surface area (Å²) in [5.41, 5.74) is 2.77. The first-order chi connectivity index (χ1) is 13.5. The van der Waals surface area contributed by atoms with E-state index in [0.29, 0.717) is 13.1 Å². The highest BCUT2D eigenvalue weighted by molar-refractivity contribution is 5.94. The second-order valence-electron chi connectivity index (χ2n) is 6.86. The number of hydrogen-bond acceptors (Lipinski definition) is 3. The van der Waals surface area contributed by atoms with Crippen LogP contribution in [0.1, 0.15) is 5.56 Å². The van der Waals surface area contributed by atoms with Gasteiger partial charge in [0.15, 0.2) is 0 Å². The van der Waals surface area contributed by atoms with E-state index in [-0.39, 0.29) is 24.2 Å². The van der Waals surface area contributed by atoms with Crippen molar-refractivity contribution in [3.8, 4) is 11.1 Å². The molecule has 1 fully saturated rings. The van der Waals surface area contributed by atoms with Gasteiger partial charge in [-0.1, -0.05) is 36.4 Å². The summed E-state index contributed by atoms with van der Waals surface area (Å²) in [6.45, 7) is 3.11. The number of nitrogens with zero attached hydrogens (tertiary/aromatic N) is 2. The van der Waals surface area contributed by atoms with Crippen LogP contribution in [0.5, 0.6) is 0 Å². The first kappa shape index (κ1) is 19.8. The molecule has 0 unspecified atom stereocenters. The quantitative estimate of drug-likeness (QED) is 0.810. The Morgan fingerprint density at radius 2 is 1.54 bits per heavy atom. The fourth-order valence-electron chi connectivity index (χ4n) is 2.99. The van der Waals surface area contributed by atoms with Crippen LogP contribution in [0.4, 0.5) is 4.39 Å². The maximum atomic E-state index is 13.0. The van der Waals surface area contributed by atoms with Crippen molar-refractivity contribution in [3.63, 3.8) is 0 Å². The van der Waals surface area contributed by atoms with E-state index < -0.39 is 0 Å². The smallest absolute Gasteiger partial charge is 0.244 e. The molecule has 5 nitrogen and oxygen atoms in total. The van der Waals surface area contributed by atoms with E-state index in [1.54, 1.807) is 23.1 Å². The fraction of sp³-hybridized carbons (Fsp3) is 0.273. The van der Waals surface area contributed by atoms with Crippen LogP contribution in [0.25, 0.3) is 17.2 Å². The number of carbonyl (C=O) groups is 2. The topological polar surface area (TPSA) is 52.6 Å². The molecule has 146 valence electrons. The van der Waals surface area contributed by atoms with Gasteiger partial charge in [-0.25, -0.2) is 4.39 Å². The van der Waals surface area contributed by atoms with E-state index in [1.165, 1.54) is 18.2 Å². The summed E-state index contributed by atoms with van der Waals surface area (Å²) in [5, 5.41) is 2.64. The number of rotatable bonds is 5. The second-order valence-corrected chi connectivity index (χ2v) is 6.86. The minimum atomic E-state index is -0.301. The van der Waals surface area contributed by atoms with Gasteiger partial charge >= 0.3 is 0 Å². The molecule has 6 heteroatoms. The molecular weight excluding hydrogens is 357 g/mol. The number of likely N-dealkylation sites (N-methyl/N-ethyl adjacent to an activating group) is 1. The van der Waals surface area contributed by atoms with Crippen LogP contribution in [0, 0.1) is 5.82 Å². The van der Waals surface area contributed by atoms with Gasteiger partial charge in [0, 0.05) is 32.3 Å². The Balaban J connectivity index is 1.48. The van der Waals surface area contributed by atoms with Crippen LogP contribution in [0.2, 0.25) is 0 Å². The van der Waals surface area contributed by atoms with Crippen LogP contribution in [-0.2, 0) is 9.59 Å². The molecule has 1 aliphatic heterocycles. The molecule has 0 spiro atoms. The van der Waals surface area contributed by atoms with Gasteiger partial charge in [-0.2, -0.15) is 0 Å². The molecule has 0 saturated carbocycles. The maximum Gasteiger partial charge on any atom is 0.244 e. The van der Waals surface area contributed by atoms with Crippen LogP contribution < -0.4 is 5.32 Å². The summed E-state index contributed by atoms with van der Waals surface area (Å²) in [6.07, 6.45) is 3.12. The maximum absolute atomic E-state index is 13.0. The lowest BCUT2D eigenvalue weighted by atomic mass is 10.0. The lowest BCUT2D eigenvalue weighted by Gasteiger charge is -2.32. The van der Waals surface area contributed by atoms with Crippen molar-refractivity contribution in [1.29, 1.82) is 0 Å². The second kappa shape index (κ2) is 9.28. The summed E-state index contributed by atoms with van der Waals surface area (Å²) in [4.78, 5) is 28.0. The van der Waals surface area contributed by atoms with E-state index in [2.05, 4.69) is 10.2 Å². The van der Waals surface area contributed by atoms with Gasteiger partial charge in [0.1, 0.15) is 5.82 Å². The molecule has 0 aromatic heterocycles.